The number of carbonyl (C=O) groups is 2. The zero-order valence-corrected chi connectivity index (χ0v) is 17.9. The summed E-state index contributed by atoms with van der Waals surface area (Å²) in [6, 6.07) is 12.0. The molecule has 7 nitrogen and oxygen atoms in total. The number of nitrogens with zero attached hydrogens (tertiary/aromatic N) is 2. The molecule has 0 unspecified atom stereocenters. The van der Waals surface area contributed by atoms with Gasteiger partial charge in [-0.15, -0.1) is 0 Å². The number of benzene rings is 2. The normalized spacial score (nSPS) is 14.3. The fraction of sp³-hybridized carbons (Fsp3) is 0.364. The lowest BCUT2D eigenvalue weighted by Crippen LogP contribution is -2.46. The van der Waals surface area contributed by atoms with Crippen molar-refractivity contribution in [3.63, 3.8) is 0 Å². The molecule has 1 heterocycles. The second-order valence-corrected chi connectivity index (χ2v) is 7.37. The van der Waals surface area contributed by atoms with E-state index in [0.717, 1.165) is 38.4 Å². The highest BCUT2D eigenvalue weighted by atomic mass is 35.5. The molecule has 8 heteroatoms. The van der Waals surface area contributed by atoms with Gasteiger partial charge in [0.2, 0.25) is 0 Å². The number of nitrogens with one attached hydrogen (secondary N) is 1. The molecule has 160 valence electrons. The number of halogens is 1. The first-order valence-corrected chi connectivity index (χ1v) is 10.3. The van der Waals surface area contributed by atoms with Crippen LogP contribution in [0.1, 0.15) is 17.3 Å². The Balaban J connectivity index is 1.73. The summed E-state index contributed by atoms with van der Waals surface area (Å²) in [7, 11) is 1.33. The fourth-order valence-corrected chi connectivity index (χ4v) is 3.45. The van der Waals surface area contributed by atoms with Crippen LogP contribution in [-0.2, 0) is 9.53 Å². The Hall–Kier alpha value is -2.77. The van der Waals surface area contributed by atoms with E-state index in [2.05, 4.69) is 22.0 Å². The second kappa shape index (κ2) is 10.3. The number of amides is 1. The predicted molar refractivity (Wildman–Crippen MR) is 118 cm³/mol. The molecule has 1 saturated heterocycles. The summed E-state index contributed by atoms with van der Waals surface area (Å²) in [5.41, 5.74) is 1.81. The van der Waals surface area contributed by atoms with Gasteiger partial charge in [0, 0.05) is 31.2 Å². The summed E-state index contributed by atoms with van der Waals surface area (Å²) in [4.78, 5) is 29.1. The van der Waals surface area contributed by atoms with E-state index in [0.29, 0.717) is 22.0 Å². The zero-order valence-electron chi connectivity index (χ0n) is 17.2. The van der Waals surface area contributed by atoms with Crippen molar-refractivity contribution in [1.82, 2.24) is 4.90 Å². The first-order chi connectivity index (χ1) is 14.5. The van der Waals surface area contributed by atoms with Crippen LogP contribution in [0, 0.1) is 0 Å². The number of carbonyl (C=O) groups excluding carboxylic acids is 2. The number of anilines is 2. The predicted octanol–water partition coefficient (Wildman–Crippen LogP) is 3.29. The van der Waals surface area contributed by atoms with Crippen molar-refractivity contribution >= 4 is 34.9 Å². The maximum Gasteiger partial charge on any atom is 0.337 e. The standard InChI is InChI=1S/C22H26ClN3O4/c1-3-25-10-12-26(13-11-25)20-9-4-16(22(28)29-2)14-19(20)24-21(27)15-30-18-7-5-17(23)6-8-18/h4-9,14H,3,10-13,15H2,1-2H3,(H,24,27). The van der Waals surface area contributed by atoms with Crippen LogP contribution in [0.15, 0.2) is 42.5 Å². The summed E-state index contributed by atoms with van der Waals surface area (Å²) in [5.74, 6) is -0.223. The topological polar surface area (TPSA) is 71.1 Å². The van der Waals surface area contributed by atoms with Gasteiger partial charge in [-0.05, 0) is 49.0 Å². The smallest absolute Gasteiger partial charge is 0.337 e. The van der Waals surface area contributed by atoms with Gasteiger partial charge < -0.3 is 24.6 Å². The average molecular weight is 432 g/mol. The minimum atomic E-state index is -0.453. The molecule has 1 amide bonds. The third-order valence-electron chi connectivity index (χ3n) is 5.04. The average Bonchev–Trinajstić information content (AvgIpc) is 2.78. The number of likely N-dealkylation sites (N-methyl/N-ethyl adjacent to an activating group) is 1. The molecule has 0 saturated carbocycles. The largest absolute Gasteiger partial charge is 0.484 e. The number of hydrogen-bond acceptors (Lipinski definition) is 6. The van der Waals surface area contributed by atoms with Gasteiger partial charge in [-0.3, -0.25) is 4.79 Å². The van der Waals surface area contributed by atoms with Crippen LogP contribution in [0.25, 0.3) is 0 Å². The van der Waals surface area contributed by atoms with Crippen LogP contribution in [0.2, 0.25) is 5.02 Å². The van der Waals surface area contributed by atoms with Crippen LogP contribution in [0.3, 0.4) is 0 Å². The van der Waals surface area contributed by atoms with Gasteiger partial charge >= 0.3 is 5.97 Å². The van der Waals surface area contributed by atoms with Crippen molar-refractivity contribution < 1.29 is 19.1 Å². The lowest BCUT2D eigenvalue weighted by molar-refractivity contribution is -0.118. The van der Waals surface area contributed by atoms with Gasteiger partial charge in [0.05, 0.1) is 24.0 Å². The number of hydrogen-bond donors (Lipinski definition) is 1. The molecule has 2 aromatic carbocycles. The number of esters is 1. The molecule has 0 aromatic heterocycles. The highest BCUT2D eigenvalue weighted by Gasteiger charge is 2.20. The van der Waals surface area contributed by atoms with Gasteiger partial charge in [0.1, 0.15) is 5.75 Å². The van der Waals surface area contributed by atoms with E-state index in [1.54, 1.807) is 36.4 Å². The Morgan fingerprint density at radius 2 is 1.77 bits per heavy atom. The lowest BCUT2D eigenvalue weighted by atomic mass is 10.1. The molecular formula is C22H26ClN3O4. The molecule has 0 radical (unpaired) electrons. The van der Waals surface area contributed by atoms with Crippen LogP contribution in [-0.4, -0.2) is 63.2 Å². The summed E-state index contributed by atoms with van der Waals surface area (Å²) in [6.07, 6.45) is 0. The molecule has 0 bridgehead atoms. The van der Waals surface area contributed by atoms with Crippen molar-refractivity contribution in [3.8, 4) is 5.75 Å². The Kier molecular flexibility index (Phi) is 7.54. The van der Waals surface area contributed by atoms with Crippen LogP contribution >= 0.6 is 11.6 Å². The molecule has 1 aliphatic rings. The molecule has 0 spiro atoms. The van der Waals surface area contributed by atoms with E-state index < -0.39 is 5.97 Å². The zero-order chi connectivity index (χ0) is 21.5. The third kappa shape index (κ3) is 5.64. The summed E-state index contributed by atoms with van der Waals surface area (Å²) in [5, 5.41) is 3.48. The Morgan fingerprint density at radius 1 is 1.07 bits per heavy atom. The molecule has 1 fully saturated rings. The Labute approximate surface area is 181 Å². The Morgan fingerprint density at radius 3 is 2.40 bits per heavy atom. The van der Waals surface area contributed by atoms with Crippen molar-refractivity contribution in [2.75, 3.05) is 56.7 Å². The summed E-state index contributed by atoms with van der Waals surface area (Å²) in [6.45, 7) is 6.58. The summed E-state index contributed by atoms with van der Waals surface area (Å²) >= 11 is 5.86. The van der Waals surface area contributed by atoms with Crippen molar-refractivity contribution in [1.29, 1.82) is 0 Å². The molecule has 30 heavy (non-hydrogen) atoms. The third-order valence-corrected chi connectivity index (χ3v) is 5.29. The molecule has 0 aliphatic carbocycles. The minimum Gasteiger partial charge on any atom is -0.484 e. The first-order valence-electron chi connectivity index (χ1n) is 9.88. The highest BCUT2D eigenvalue weighted by molar-refractivity contribution is 6.30. The second-order valence-electron chi connectivity index (χ2n) is 6.94. The molecular weight excluding hydrogens is 406 g/mol. The quantitative estimate of drug-likeness (QED) is 0.678. The SMILES string of the molecule is CCN1CCN(c2ccc(C(=O)OC)cc2NC(=O)COc2ccc(Cl)cc2)CC1. The van der Waals surface area contributed by atoms with E-state index in [9.17, 15) is 9.59 Å². The van der Waals surface area contributed by atoms with Crippen molar-refractivity contribution in [3.05, 3.63) is 53.1 Å². The molecule has 0 atom stereocenters. The lowest BCUT2D eigenvalue weighted by Gasteiger charge is -2.36. The Bertz CT molecular complexity index is 880. The van der Waals surface area contributed by atoms with Crippen molar-refractivity contribution in [2.45, 2.75) is 6.92 Å². The van der Waals surface area contributed by atoms with Gasteiger partial charge in [0.25, 0.3) is 5.91 Å². The number of piperazine rings is 1. The molecule has 1 aliphatic heterocycles. The maximum atomic E-state index is 12.5. The summed E-state index contributed by atoms with van der Waals surface area (Å²) < 4.78 is 10.3. The van der Waals surface area contributed by atoms with E-state index in [1.165, 1.54) is 7.11 Å². The van der Waals surface area contributed by atoms with Crippen LogP contribution in [0.5, 0.6) is 5.75 Å². The number of ether oxygens (including phenoxy) is 2. The van der Waals surface area contributed by atoms with E-state index in [-0.39, 0.29) is 12.5 Å². The maximum absolute atomic E-state index is 12.5. The van der Waals surface area contributed by atoms with Crippen molar-refractivity contribution in [2.24, 2.45) is 0 Å². The number of rotatable bonds is 7. The van der Waals surface area contributed by atoms with E-state index in [1.807, 2.05) is 6.07 Å². The monoisotopic (exact) mass is 431 g/mol. The minimum absolute atomic E-state index is 0.160. The molecule has 1 N–H and O–H groups in total. The van der Waals surface area contributed by atoms with E-state index >= 15 is 0 Å². The number of methoxy groups -OCH3 is 1. The van der Waals surface area contributed by atoms with Gasteiger partial charge in [-0.1, -0.05) is 18.5 Å². The molecule has 3 rings (SSSR count). The highest BCUT2D eigenvalue weighted by Crippen LogP contribution is 2.29. The van der Waals surface area contributed by atoms with Crippen LogP contribution < -0.4 is 15.0 Å². The van der Waals surface area contributed by atoms with Gasteiger partial charge in [0.15, 0.2) is 6.61 Å². The van der Waals surface area contributed by atoms with E-state index in [4.69, 9.17) is 21.1 Å². The van der Waals surface area contributed by atoms with Crippen LogP contribution in [0.4, 0.5) is 11.4 Å². The van der Waals surface area contributed by atoms with Gasteiger partial charge in [-0.25, -0.2) is 4.79 Å². The first kappa shape index (κ1) is 21.9. The van der Waals surface area contributed by atoms with Gasteiger partial charge in [-0.2, -0.15) is 0 Å². The molecule has 2 aromatic rings. The fourth-order valence-electron chi connectivity index (χ4n) is 3.33.